The molecule has 0 unspecified atom stereocenters. The summed E-state index contributed by atoms with van der Waals surface area (Å²) in [6.45, 7) is 2.52. The second kappa shape index (κ2) is 8.79. The minimum absolute atomic E-state index is 0. The molecule has 6 heteroatoms. The molecule has 0 aliphatic carbocycles. The van der Waals surface area contributed by atoms with Gasteiger partial charge in [-0.05, 0) is 19.1 Å². The van der Waals surface area contributed by atoms with Crippen molar-refractivity contribution in [3.8, 4) is 10.6 Å². The van der Waals surface area contributed by atoms with Crippen LogP contribution in [0.15, 0.2) is 65.0 Å². The van der Waals surface area contributed by atoms with Gasteiger partial charge in [0.2, 0.25) is 0 Å². The van der Waals surface area contributed by atoms with Crippen molar-refractivity contribution in [1.82, 2.24) is 4.98 Å². The first-order valence-corrected chi connectivity index (χ1v) is 8.22. The Bertz CT molecular complexity index is 797. The zero-order chi connectivity index (χ0) is 16.1. The number of aliphatic imine (C=N–C) groups is 1. The molecule has 2 aromatic carbocycles. The van der Waals surface area contributed by atoms with Gasteiger partial charge in [-0.15, -0.1) is 35.3 Å². The van der Waals surface area contributed by atoms with Crippen molar-refractivity contribution in [3.63, 3.8) is 0 Å². The van der Waals surface area contributed by atoms with E-state index in [1.807, 2.05) is 54.8 Å². The van der Waals surface area contributed by atoms with E-state index in [0.29, 0.717) is 12.5 Å². The number of anilines is 1. The van der Waals surface area contributed by atoms with E-state index in [-0.39, 0.29) is 24.0 Å². The van der Waals surface area contributed by atoms with Crippen LogP contribution in [0.2, 0.25) is 0 Å². The normalized spacial score (nSPS) is 11.0. The number of rotatable bonds is 4. The Hall–Kier alpha value is -1.93. The van der Waals surface area contributed by atoms with Crippen LogP contribution in [0.5, 0.6) is 0 Å². The molecule has 0 bridgehead atoms. The first-order valence-electron chi connectivity index (χ1n) is 7.34. The largest absolute Gasteiger partial charge is 0.370 e. The molecular weight excluding hydrogens is 431 g/mol. The first-order chi connectivity index (χ1) is 11.2. The number of hydrogen-bond donors (Lipinski definition) is 2. The topological polar surface area (TPSA) is 63.3 Å². The number of nitrogens with two attached hydrogens (primary N) is 1. The van der Waals surface area contributed by atoms with E-state index in [0.717, 1.165) is 22.0 Å². The van der Waals surface area contributed by atoms with E-state index < -0.39 is 0 Å². The van der Waals surface area contributed by atoms with Crippen LogP contribution in [0.25, 0.3) is 10.6 Å². The Morgan fingerprint density at radius 3 is 2.54 bits per heavy atom. The fraction of sp³-hybridized carbons (Fsp3) is 0.111. The van der Waals surface area contributed by atoms with E-state index in [1.54, 1.807) is 11.3 Å². The SMILES string of the molecule is Cc1ccc(NC(N)=NCc2csc(-c3ccccc3)n2)cc1.I. The van der Waals surface area contributed by atoms with Crippen molar-refractivity contribution in [2.24, 2.45) is 10.7 Å². The second-order valence-electron chi connectivity index (χ2n) is 5.20. The maximum atomic E-state index is 5.92. The van der Waals surface area contributed by atoms with Gasteiger partial charge in [-0.3, -0.25) is 0 Å². The molecule has 3 rings (SSSR count). The minimum atomic E-state index is 0. The molecule has 0 fully saturated rings. The summed E-state index contributed by atoms with van der Waals surface area (Å²) in [6, 6.07) is 18.2. The van der Waals surface area contributed by atoms with Gasteiger partial charge in [0.15, 0.2) is 5.96 Å². The lowest BCUT2D eigenvalue weighted by Gasteiger charge is -2.05. The highest BCUT2D eigenvalue weighted by Gasteiger charge is 2.04. The molecule has 0 saturated heterocycles. The zero-order valence-electron chi connectivity index (χ0n) is 13.3. The van der Waals surface area contributed by atoms with Crippen molar-refractivity contribution >= 4 is 47.0 Å². The van der Waals surface area contributed by atoms with Gasteiger partial charge >= 0.3 is 0 Å². The van der Waals surface area contributed by atoms with Crippen LogP contribution in [0.3, 0.4) is 0 Å². The zero-order valence-corrected chi connectivity index (χ0v) is 16.4. The lowest BCUT2D eigenvalue weighted by atomic mass is 10.2. The van der Waals surface area contributed by atoms with Gasteiger partial charge in [0.1, 0.15) is 5.01 Å². The summed E-state index contributed by atoms with van der Waals surface area (Å²) in [4.78, 5) is 8.95. The predicted octanol–water partition coefficient (Wildman–Crippen LogP) is 4.66. The Labute approximate surface area is 162 Å². The summed E-state index contributed by atoms with van der Waals surface area (Å²) in [5, 5.41) is 6.10. The third kappa shape index (κ3) is 5.04. The summed E-state index contributed by atoms with van der Waals surface area (Å²) < 4.78 is 0. The molecule has 0 aliphatic rings. The molecule has 0 radical (unpaired) electrons. The standard InChI is InChI=1S/C18H18N4S.HI/c1-13-7-9-15(10-8-13)22-18(19)20-11-16-12-23-17(21-16)14-5-3-2-4-6-14;/h2-10,12H,11H2,1H3,(H3,19,20,22);1H. The van der Waals surface area contributed by atoms with Crippen LogP contribution < -0.4 is 11.1 Å². The highest BCUT2D eigenvalue weighted by atomic mass is 127. The maximum Gasteiger partial charge on any atom is 0.193 e. The number of nitrogens with zero attached hydrogens (tertiary/aromatic N) is 2. The molecule has 1 aromatic heterocycles. The third-order valence-electron chi connectivity index (χ3n) is 3.31. The second-order valence-corrected chi connectivity index (χ2v) is 6.06. The average molecular weight is 450 g/mol. The van der Waals surface area contributed by atoms with Crippen molar-refractivity contribution in [3.05, 3.63) is 71.2 Å². The fourth-order valence-corrected chi connectivity index (χ4v) is 2.90. The molecule has 0 aliphatic heterocycles. The van der Waals surface area contributed by atoms with Gasteiger partial charge < -0.3 is 11.1 Å². The molecule has 0 saturated carbocycles. The van der Waals surface area contributed by atoms with Gasteiger partial charge in [0.25, 0.3) is 0 Å². The number of guanidine groups is 1. The quantitative estimate of drug-likeness (QED) is 0.345. The molecule has 24 heavy (non-hydrogen) atoms. The lowest BCUT2D eigenvalue weighted by molar-refractivity contribution is 1.01. The van der Waals surface area contributed by atoms with Gasteiger partial charge in [-0.2, -0.15) is 0 Å². The van der Waals surface area contributed by atoms with Crippen molar-refractivity contribution < 1.29 is 0 Å². The predicted molar refractivity (Wildman–Crippen MR) is 113 cm³/mol. The number of thiazole rings is 1. The molecule has 0 atom stereocenters. The number of aryl methyl sites for hydroxylation is 1. The minimum Gasteiger partial charge on any atom is -0.370 e. The fourth-order valence-electron chi connectivity index (χ4n) is 2.08. The third-order valence-corrected chi connectivity index (χ3v) is 4.25. The van der Waals surface area contributed by atoms with E-state index in [9.17, 15) is 0 Å². The smallest absolute Gasteiger partial charge is 0.193 e. The van der Waals surface area contributed by atoms with Crippen molar-refractivity contribution in [1.29, 1.82) is 0 Å². The van der Waals surface area contributed by atoms with Crippen molar-refractivity contribution in [2.45, 2.75) is 13.5 Å². The monoisotopic (exact) mass is 450 g/mol. The Balaban J connectivity index is 0.00000208. The van der Waals surface area contributed by atoms with E-state index in [2.05, 4.69) is 27.4 Å². The van der Waals surface area contributed by atoms with Crippen molar-refractivity contribution in [2.75, 3.05) is 5.32 Å². The number of aromatic nitrogens is 1. The number of benzene rings is 2. The first kappa shape index (κ1) is 18.4. The van der Waals surface area contributed by atoms with Gasteiger partial charge in [-0.1, -0.05) is 48.0 Å². The molecule has 124 valence electrons. The Morgan fingerprint density at radius 2 is 1.83 bits per heavy atom. The van der Waals surface area contributed by atoms with Gasteiger partial charge in [0.05, 0.1) is 12.2 Å². The average Bonchev–Trinajstić information content (AvgIpc) is 3.05. The van der Waals surface area contributed by atoms with Crippen LogP contribution in [0.1, 0.15) is 11.3 Å². The van der Waals surface area contributed by atoms with Crippen LogP contribution in [0, 0.1) is 6.92 Å². The van der Waals surface area contributed by atoms with Crippen LogP contribution >= 0.6 is 35.3 Å². The van der Waals surface area contributed by atoms with Crippen LogP contribution in [0.4, 0.5) is 5.69 Å². The molecule has 3 aromatic rings. The summed E-state index contributed by atoms with van der Waals surface area (Å²) in [5.41, 5.74) is 10.1. The van der Waals surface area contributed by atoms with Gasteiger partial charge in [-0.25, -0.2) is 9.98 Å². The highest BCUT2D eigenvalue weighted by Crippen LogP contribution is 2.23. The van der Waals surface area contributed by atoms with E-state index in [1.165, 1.54) is 5.56 Å². The van der Waals surface area contributed by atoms with E-state index >= 15 is 0 Å². The number of nitrogens with one attached hydrogen (secondary N) is 1. The van der Waals surface area contributed by atoms with Crippen LogP contribution in [-0.4, -0.2) is 10.9 Å². The highest BCUT2D eigenvalue weighted by molar-refractivity contribution is 14.0. The number of hydrogen-bond acceptors (Lipinski definition) is 3. The van der Waals surface area contributed by atoms with E-state index in [4.69, 9.17) is 5.73 Å². The molecule has 0 amide bonds. The lowest BCUT2D eigenvalue weighted by Crippen LogP contribution is -2.22. The molecule has 1 heterocycles. The Kier molecular flexibility index (Phi) is 6.74. The molecular formula is C18H19IN4S. The summed E-state index contributed by atoms with van der Waals surface area (Å²) in [6.07, 6.45) is 0. The molecule has 0 spiro atoms. The Morgan fingerprint density at radius 1 is 1.12 bits per heavy atom. The summed E-state index contributed by atoms with van der Waals surface area (Å²) >= 11 is 1.62. The summed E-state index contributed by atoms with van der Waals surface area (Å²) in [7, 11) is 0. The van der Waals surface area contributed by atoms with Crippen LogP contribution in [-0.2, 0) is 6.54 Å². The summed E-state index contributed by atoms with van der Waals surface area (Å²) in [5.74, 6) is 0.392. The molecule has 4 nitrogen and oxygen atoms in total. The van der Waals surface area contributed by atoms with Gasteiger partial charge in [0, 0.05) is 16.6 Å². The molecule has 3 N–H and O–H groups in total. The number of halogens is 1. The maximum absolute atomic E-state index is 5.92.